The number of allylic oxidation sites excluding steroid dienone is 1. The van der Waals surface area contributed by atoms with Gasteiger partial charge in [0.1, 0.15) is 5.70 Å². The molecular formula is C17H15NO4S. The number of nitrogens with zero attached hydrogens (tertiary/aromatic N) is 1. The van der Waals surface area contributed by atoms with Gasteiger partial charge in [0, 0.05) is 17.7 Å². The van der Waals surface area contributed by atoms with E-state index < -0.39 is 15.8 Å². The lowest BCUT2D eigenvalue weighted by molar-refractivity contribution is 0.0999. The number of hydrogen-bond donors (Lipinski definition) is 1. The molecule has 6 heteroatoms. The largest absolute Gasteiger partial charge is 0.505 e. The number of Topliss-reactive ketones (excluding diaryl/α,β-unsaturated/α-hetero) is 1. The van der Waals surface area contributed by atoms with Crippen LogP contribution in [0, 0.1) is 0 Å². The van der Waals surface area contributed by atoms with Gasteiger partial charge >= 0.3 is 0 Å². The van der Waals surface area contributed by atoms with E-state index in [1.54, 1.807) is 49.4 Å². The smallest absolute Gasteiger partial charge is 0.265 e. The van der Waals surface area contributed by atoms with Crippen molar-refractivity contribution >= 4 is 21.6 Å². The van der Waals surface area contributed by atoms with Gasteiger partial charge in [0.05, 0.1) is 4.90 Å². The number of benzene rings is 2. The Balaban J connectivity index is 2.32. The van der Waals surface area contributed by atoms with Gasteiger partial charge in [-0.05, 0) is 19.1 Å². The third-order valence-corrected chi connectivity index (χ3v) is 5.66. The summed E-state index contributed by atoms with van der Waals surface area (Å²) in [6, 6.07) is 14.5. The van der Waals surface area contributed by atoms with E-state index in [1.807, 2.05) is 0 Å². The van der Waals surface area contributed by atoms with Crippen LogP contribution in [0.4, 0.5) is 0 Å². The van der Waals surface area contributed by atoms with Crippen molar-refractivity contribution in [2.24, 2.45) is 0 Å². The van der Waals surface area contributed by atoms with Crippen LogP contribution in [0.2, 0.25) is 0 Å². The number of hydrogen-bond acceptors (Lipinski definition) is 4. The highest BCUT2D eigenvalue weighted by Crippen LogP contribution is 2.34. The fourth-order valence-corrected chi connectivity index (χ4v) is 4.32. The lowest BCUT2D eigenvalue weighted by Gasteiger charge is -2.30. The topological polar surface area (TPSA) is 74.7 Å². The van der Waals surface area contributed by atoms with Gasteiger partial charge in [0.15, 0.2) is 5.76 Å². The molecule has 5 nitrogen and oxygen atoms in total. The Morgan fingerprint density at radius 2 is 1.65 bits per heavy atom. The zero-order chi connectivity index (χ0) is 16.6. The molecule has 0 amide bonds. The zero-order valence-corrected chi connectivity index (χ0v) is 13.2. The van der Waals surface area contributed by atoms with Crippen LogP contribution in [0.3, 0.4) is 0 Å². The fraction of sp³-hybridized carbons (Fsp3) is 0.118. The summed E-state index contributed by atoms with van der Waals surface area (Å²) in [4.78, 5) is 12.7. The van der Waals surface area contributed by atoms with Crippen LogP contribution in [-0.2, 0) is 10.0 Å². The van der Waals surface area contributed by atoms with Crippen molar-refractivity contribution in [1.82, 2.24) is 4.31 Å². The highest BCUT2D eigenvalue weighted by atomic mass is 32.2. The molecule has 0 aliphatic carbocycles. The molecule has 3 rings (SSSR count). The average molecular weight is 329 g/mol. The van der Waals surface area contributed by atoms with Crippen molar-refractivity contribution in [2.75, 3.05) is 6.54 Å². The van der Waals surface area contributed by atoms with Crippen LogP contribution in [0.25, 0.3) is 5.76 Å². The van der Waals surface area contributed by atoms with Crippen molar-refractivity contribution in [3.8, 4) is 0 Å². The second-order valence-corrected chi connectivity index (χ2v) is 6.89. The molecule has 0 fully saturated rings. The fourth-order valence-electron chi connectivity index (χ4n) is 2.65. The van der Waals surface area contributed by atoms with E-state index in [-0.39, 0.29) is 28.5 Å². The number of ketones is 1. The summed E-state index contributed by atoms with van der Waals surface area (Å²) in [5.41, 5.74) is 0.260. The molecular weight excluding hydrogens is 314 g/mol. The highest BCUT2D eigenvalue weighted by molar-refractivity contribution is 7.89. The number of rotatable bonds is 2. The number of sulfonamides is 1. The molecule has 1 N–H and O–H groups in total. The maximum Gasteiger partial charge on any atom is 0.265 e. The first-order chi connectivity index (χ1) is 11.0. The van der Waals surface area contributed by atoms with Crippen molar-refractivity contribution in [3.63, 3.8) is 0 Å². The maximum absolute atomic E-state index is 12.8. The Labute approximate surface area is 134 Å². The zero-order valence-electron chi connectivity index (χ0n) is 12.4. The van der Waals surface area contributed by atoms with Gasteiger partial charge < -0.3 is 5.11 Å². The predicted octanol–water partition coefficient (Wildman–Crippen LogP) is 2.82. The molecule has 0 saturated carbocycles. The Bertz CT molecular complexity index is 901. The molecule has 2 aromatic rings. The maximum atomic E-state index is 12.8. The van der Waals surface area contributed by atoms with E-state index in [1.165, 1.54) is 12.1 Å². The third kappa shape index (κ3) is 2.31. The summed E-state index contributed by atoms with van der Waals surface area (Å²) in [5.74, 6) is -0.839. The van der Waals surface area contributed by atoms with Gasteiger partial charge in [-0.2, -0.15) is 0 Å². The molecule has 1 heterocycles. The molecule has 0 unspecified atom stereocenters. The molecule has 1 aliphatic heterocycles. The molecule has 118 valence electrons. The van der Waals surface area contributed by atoms with Crippen LogP contribution >= 0.6 is 0 Å². The van der Waals surface area contributed by atoms with Gasteiger partial charge in [-0.3, -0.25) is 9.10 Å². The molecule has 0 saturated heterocycles. The van der Waals surface area contributed by atoms with Gasteiger partial charge in [0.25, 0.3) is 10.0 Å². The van der Waals surface area contributed by atoms with E-state index in [9.17, 15) is 18.3 Å². The Kier molecular flexibility index (Phi) is 3.69. The highest BCUT2D eigenvalue weighted by Gasteiger charge is 2.40. The van der Waals surface area contributed by atoms with E-state index in [4.69, 9.17) is 0 Å². The Morgan fingerprint density at radius 3 is 2.30 bits per heavy atom. The minimum absolute atomic E-state index is 0.0311. The SMILES string of the molecule is CCN1C(=C(O)c2ccccc2)C(=O)c2ccccc2S1(=O)=O. The lowest BCUT2D eigenvalue weighted by Crippen LogP contribution is -2.39. The summed E-state index contributed by atoms with van der Waals surface area (Å²) < 4.78 is 26.5. The molecule has 0 bridgehead atoms. The van der Waals surface area contributed by atoms with Crippen molar-refractivity contribution < 1.29 is 18.3 Å². The monoisotopic (exact) mass is 329 g/mol. The quantitative estimate of drug-likeness (QED) is 0.679. The average Bonchev–Trinajstić information content (AvgIpc) is 2.58. The predicted molar refractivity (Wildman–Crippen MR) is 86.3 cm³/mol. The second-order valence-electron chi connectivity index (χ2n) is 5.06. The first-order valence-electron chi connectivity index (χ1n) is 7.13. The second kappa shape index (κ2) is 5.55. The van der Waals surface area contributed by atoms with E-state index in [0.717, 1.165) is 4.31 Å². The van der Waals surface area contributed by atoms with Crippen LogP contribution in [-0.4, -0.2) is 30.2 Å². The van der Waals surface area contributed by atoms with Gasteiger partial charge in [0.2, 0.25) is 5.78 Å². The number of carbonyl (C=O) groups excluding carboxylic acids is 1. The van der Waals surface area contributed by atoms with Crippen molar-refractivity contribution in [2.45, 2.75) is 11.8 Å². The van der Waals surface area contributed by atoms with Crippen LogP contribution in [0.15, 0.2) is 65.2 Å². The third-order valence-electron chi connectivity index (χ3n) is 3.72. The van der Waals surface area contributed by atoms with Crippen LogP contribution in [0.5, 0.6) is 0 Å². The number of aliphatic hydroxyl groups excluding tert-OH is 1. The van der Waals surface area contributed by atoms with E-state index in [0.29, 0.717) is 5.56 Å². The molecule has 1 aliphatic rings. The molecule has 2 aromatic carbocycles. The minimum atomic E-state index is -3.87. The van der Waals surface area contributed by atoms with Crippen molar-refractivity contribution in [3.05, 3.63) is 71.4 Å². The number of carbonyl (C=O) groups is 1. The van der Waals surface area contributed by atoms with Crippen LogP contribution in [0.1, 0.15) is 22.8 Å². The summed E-state index contributed by atoms with van der Waals surface area (Å²) in [5, 5.41) is 10.5. The number of aliphatic hydroxyl groups is 1. The Morgan fingerprint density at radius 1 is 1.04 bits per heavy atom. The summed E-state index contributed by atoms with van der Waals surface area (Å²) >= 11 is 0. The number of fused-ring (bicyclic) bond motifs is 1. The lowest BCUT2D eigenvalue weighted by atomic mass is 10.0. The molecule has 0 spiro atoms. The van der Waals surface area contributed by atoms with Crippen LogP contribution < -0.4 is 0 Å². The van der Waals surface area contributed by atoms with Gasteiger partial charge in [-0.15, -0.1) is 0 Å². The molecule has 0 aromatic heterocycles. The van der Waals surface area contributed by atoms with Gasteiger partial charge in [-0.25, -0.2) is 8.42 Å². The van der Waals surface area contributed by atoms with Gasteiger partial charge in [-0.1, -0.05) is 42.5 Å². The molecule has 0 atom stereocenters. The summed E-state index contributed by atoms with van der Waals surface area (Å²) in [6.07, 6.45) is 0. The van der Waals surface area contributed by atoms with E-state index >= 15 is 0 Å². The normalized spacial score (nSPS) is 18.5. The molecule has 0 radical (unpaired) electrons. The molecule has 23 heavy (non-hydrogen) atoms. The Hall–Kier alpha value is -2.60. The van der Waals surface area contributed by atoms with Crippen molar-refractivity contribution in [1.29, 1.82) is 0 Å². The standard InChI is InChI=1S/C17H15NO4S/c1-2-18-15(16(19)12-8-4-3-5-9-12)17(20)13-10-6-7-11-14(13)23(18,21)22/h3-11,19H,2H2,1H3. The minimum Gasteiger partial charge on any atom is -0.505 e. The summed E-state index contributed by atoms with van der Waals surface area (Å²) in [7, 11) is -3.87. The summed E-state index contributed by atoms with van der Waals surface area (Å²) in [6.45, 7) is 1.67. The first kappa shape index (κ1) is 15.3. The number of likely N-dealkylation sites (N-methyl/N-ethyl adjacent to an activating group) is 1. The first-order valence-corrected chi connectivity index (χ1v) is 8.57. The van der Waals surface area contributed by atoms with E-state index in [2.05, 4.69) is 0 Å².